The molecular weight excluding hydrogens is 292 g/mol. The third kappa shape index (κ3) is 4.86. The van der Waals surface area contributed by atoms with Crippen molar-refractivity contribution in [1.29, 1.82) is 0 Å². The lowest BCUT2D eigenvalue weighted by Crippen LogP contribution is -2.28. The summed E-state index contributed by atoms with van der Waals surface area (Å²) in [5.41, 5.74) is 0.945. The lowest BCUT2D eigenvalue weighted by atomic mass is 10.1. The summed E-state index contributed by atoms with van der Waals surface area (Å²) in [6.07, 6.45) is 5.08. The summed E-state index contributed by atoms with van der Waals surface area (Å²) < 4.78 is 31.3. The van der Waals surface area contributed by atoms with Crippen molar-refractivity contribution in [3.8, 4) is 12.3 Å². The molecule has 0 saturated carbocycles. The minimum absolute atomic E-state index is 0.0232. The topological polar surface area (TPSA) is 84.5 Å². The largest absolute Gasteiger partial charge is 0.383 e. The van der Waals surface area contributed by atoms with Gasteiger partial charge in [0.1, 0.15) is 0 Å². The first kappa shape index (κ1) is 17.2. The van der Waals surface area contributed by atoms with Crippen molar-refractivity contribution in [2.75, 3.05) is 26.8 Å². The van der Waals surface area contributed by atoms with E-state index in [4.69, 9.17) is 11.2 Å². The second-order valence-electron chi connectivity index (χ2n) is 4.25. The van der Waals surface area contributed by atoms with Gasteiger partial charge in [0.05, 0.1) is 18.0 Å². The number of aryl methyl sites for hydroxylation is 1. The van der Waals surface area contributed by atoms with Crippen LogP contribution in [0, 0.1) is 19.3 Å². The van der Waals surface area contributed by atoms with Gasteiger partial charge in [-0.05, 0) is 24.6 Å². The van der Waals surface area contributed by atoms with E-state index in [2.05, 4.69) is 16.0 Å². The Kier molecular flexibility index (Phi) is 6.37. The molecule has 0 bridgehead atoms. The molecule has 6 nitrogen and oxygen atoms in total. The average molecular weight is 310 g/mol. The van der Waals surface area contributed by atoms with Gasteiger partial charge in [0.2, 0.25) is 10.0 Å². The fraction of sp³-hybridized carbons (Fsp3) is 0.357. The zero-order valence-corrected chi connectivity index (χ0v) is 12.8. The van der Waals surface area contributed by atoms with Crippen molar-refractivity contribution in [2.45, 2.75) is 11.8 Å². The van der Waals surface area contributed by atoms with Crippen LogP contribution in [0.5, 0.6) is 0 Å². The highest BCUT2D eigenvalue weighted by Gasteiger charge is 2.17. The highest BCUT2D eigenvalue weighted by molar-refractivity contribution is 7.89. The van der Waals surface area contributed by atoms with Crippen LogP contribution in [0.15, 0.2) is 23.1 Å². The van der Waals surface area contributed by atoms with Crippen LogP contribution >= 0.6 is 0 Å². The Morgan fingerprint density at radius 2 is 2.14 bits per heavy atom. The van der Waals surface area contributed by atoms with Crippen molar-refractivity contribution < 1.29 is 17.9 Å². The number of amides is 1. The van der Waals surface area contributed by atoms with Crippen LogP contribution in [-0.4, -0.2) is 41.1 Å². The lowest BCUT2D eigenvalue weighted by molar-refractivity contribution is 0.0958. The molecule has 1 aromatic carbocycles. The molecule has 0 aliphatic heterocycles. The van der Waals surface area contributed by atoms with Crippen LogP contribution in [0.4, 0.5) is 0 Å². The fourth-order valence-corrected chi connectivity index (χ4v) is 2.64. The SMILES string of the molecule is C#CCNC(=O)c1cc(S(=O)(=O)NCCOC)ccc1C. The van der Waals surface area contributed by atoms with Crippen molar-refractivity contribution in [1.82, 2.24) is 10.0 Å². The number of hydrogen-bond acceptors (Lipinski definition) is 4. The predicted molar refractivity (Wildman–Crippen MR) is 79.4 cm³/mol. The Hall–Kier alpha value is -1.88. The lowest BCUT2D eigenvalue weighted by Gasteiger charge is -2.10. The number of carbonyl (C=O) groups excluding carboxylic acids is 1. The molecule has 1 aromatic rings. The van der Waals surface area contributed by atoms with Crippen molar-refractivity contribution in [3.05, 3.63) is 29.3 Å². The maximum absolute atomic E-state index is 12.1. The minimum Gasteiger partial charge on any atom is -0.383 e. The summed E-state index contributed by atoms with van der Waals surface area (Å²) in [6.45, 7) is 2.23. The average Bonchev–Trinajstić information content (AvgIpc) is 2.45. The molecule has 0 fully saturated rings. The summed E-state index contributed by atoms with van der Waals surface area (Å²) >= 11 is 0. The molecule has 0 aromatic heterocycles. The number of ether oxygens (including phenoxy) is 1. The third-order valence-corrected chi connectivity index (χ3v) is 4.17. The molecule has 1 amide bonds. The monoisotopic (exact) mass is 310 g/mol. The quantitative estimate of drug-likeness (QED) is 0.560. The second kappa shape index (κ2) is 7.78. The first-order valence-electron chi connectivity index (χ1n) is 6.23. The highest BCUT2D eigenvalue weighted by Crippen LogP contribution is 2.15. The van der Waals surface area contributed by atoms with Crippen LogP contribution in [0.1, 0.15) is 15.9 Å². The van der Waals surface area contributed by atoms with E-state index >= 15 is 0 Å². The number of benzene rings is 1. The third-order valence-electron chi connectivity index (χ3n) is 2.71. The van der Waals surface area contributed by atoms with E-state index < -0.39 is 15.9 Å². The normalized spacial score (nSPS) is 10.9. The van der Waals surface area contributed by atoms with Crippen LogP contribution in [0.25, 0.3) is 0 Å². The van der Waals surface area contributed by atoms with E-state index in [0.29, 0.717) is 5.56 Å². The van der Waals surface area contributed by atoms with Gasteiger partial charge in [-0.3, -0.25) is 4.79 Å². The summed E-state index contributed by atoms with van der Waals surface area (Å²) in [6, 6.07) is 4.36. The second-order valence-corrected chi connectivity index (χ2v) is 6.02. The van der Waals surface area contributed by atoms with Gasteiger partial charge in [-0.2, -0.15) is 0 Å². The van der Waals surface area contributed by atoms with E-state index in [1.165, 1.54) is 19.2 Å². The minimum atomic E-state index is -3.68. The van der Waals surface area contributed by atoms with Crippen LogP contribution in [0.3, 0.4) is 0 Å². The smallest absolute Gasteiger partial charge is 0.252 e. The predicted octanol–water partition coefficient (Wildman–Crippen LogP) is 0.283. The molecule has 0 atom stereocenters. The maximum Gasteiger partial charge on any atom is 0.252 e. The van der Waals surface area contributed by atoms with Crippen LogP contribution in [0.2, 0.25) is 0 Å². The highest BCUT2D eigenvalue weighted by atomic mass is 32.2. The zero-order valence-electron chi connectivity index (χ0n) is 12.0. The molecule has 21 heavy (non-hydrogen) atoms. The first-order chi connectivity index (χ1) is 9.92. The van der Waals surface area contributed by atoms with Gasteiger partial charge in [0.25, 0.3) is 5.91 Å². The molecule has 0 aliphatic rings. The van der Waals surface area contributed by atoms with Gasteiger partial charge in [-0.25, -0.2) is 13.1 Å². The summed E-state index contributed by atoms with van der Waals surface area (Å²) in [5, 5.41) is 2.51. The van der Waals surface area contributed by atoms with Crippen molar-refractivity contribution in [2.24, 2.45) is 0 Å². The van der Waals surface area contributed by atoms with Gasteiger partial charge in [0.15, 0.2) is 0 Å². The van der Waals surface area contributed by atoms with Gasteiger partial charge >= 0.3 is 0 Å². The number of terminal acetylenes is 1. The molecule has 0 unspecified atom stereocenters. The molecule has 0 saturated heterocycles. The van der Waals surface area contributed by atoms with E-state index in [1.807, 2.05) is 0 Å². The van der Waals surface area contributed by atoms with Gasteiger partial charge in [0, 0.05) is 19.2 Å². The van der Waals surface area contributed by atoms with E-state index in [9.17, 15) is 13.2 Å². The Bertz CT molecular complexity index is 647. The molecule has 7 heteroatoms. The molecule has 2 N–H and O–H groups in total. The van der Waals surface area contributed by atoms with Gasteiger partial charge < -0.3 is 10.1 Å². The summed E-state index contributed by atoms with van der Waals surface area (Å²) in [4.78, 5) is 11.9. The molecule has 0 spiro atoms. The maximum atomic E-state index is 12.1. The number of sulfonamides is 1. The Morgan fingerprint density at radius 1 is 1.43 bits per heavy atom. The molecule has 1 rings (SSSR count). The molecular formula is C14H18N2O4S. The first-order valence-corrected chi connectivity index (χ1v) is 7.71. The fourth-order valence-electron chi connectivity index (χ4n) is 1.60. The Labute approximate surface area is 124 Å². The summed E-state index contributed by atoms with van der Waals surface area (Å²) in [5.74, 6) is 1.89. The molecule has 0 aliphatic carbocycles. The molecule has 114 valence electrons. The van der Waals surface area contributed by atoms with E-state index in [0.717, 1.165) is 0 Å². The van der Waals surface area contributed by atoms with E-state index in [-0.39, 0.29) is 30.2 Å². The Balaban J connectivity index is 3.01. The number of rotatable bonds is 7. The zero-order chi connectivity index (χ0) is 15.9. The summed E-state index contributed by atoms with van der Waals surface area (Å²) in [7, 11) is -2.20. The standard InChI is InChI=1S/C14H18N2O4S/c1-4-7-15-14(17)13-10-12(6-5-11(13)2)21(18,19)16-8-9-20-3/h1,5-6,10,16H,7-9H2,2-3H3,(H,15,17). The molecule has 0 radical (unpaired) electrons. The Morgan fingerprint density at radius 3 is 2.76 bits per heavy atom. The van der Waals surface area contributed by atoms with Gasteiger partial charge in [-0.15, -0.1) is 6.42 Å². The van der Waals surface area contributed by atoms with Crippen LogP contribution < -0.4 is 10.0 Å². The number of methoxy groups -OCH3 is 1. The van der Waals surface area contributed by atoms with Crippen molar-refractivity contribution in [3.63, 3.8) is 0 Å². The number of carbonyl (C=O) groups is 1. The van der Waals surface area contributed by atoms with Crippen LogP contribution in [-0.2, 0) is 14.8 Å². The number of hydrogen-bond donors (Lipinski definition) is 2. The number of nitrogens with one attached hydrogen (secondary N) is 2. The van der Waals surface area contributed by atoms with Crippen molar-refractivity contribution >= 4 is 15.9 Å². The van der Waals surface area contributed by atoms with Gasteiger partial charge in [-0.1, -0.05) is 12.0 Å². The van der Waals surface area contributed by atoms with E-state index in [1.54, 1.807) is 13.0 Å². The molecule has 0 heterocycles.